The van der Waals surface area contributed by atoms with Crippen LogP contribution in [0.2, 0.25) is 28.7 Å². The molecule has 0 amide bonds. The van der Waals surface area contributed by atoms with E-state index < -0.39 is 52.7 Å². The van der Waals surface area contributed by atoms with Crippen LogP contribution in [-0.4, -0.2) is 61.6 Å². The molecule has 1 aromatic heterocycles. The van der Waals surface area contributed by atoms with Gasteiger partial charge >= 0.3 is 14.3 Å². The first-order chi connectivity index (χ1) is 15.2. The zero-order valence-corrected chi connectivity index (χ0v) is 23.4. The van der Waals surface area contributed by atoms with Gasteiger partial charge in [-0.05, 0) is 28.7 Å². The van der Waals surface area contributed by atoms with Crippen molar-refractivity contribution in [2.45, 2.75) is 109 Å². The number of rotatable bonds is 10. The van der Waals surface area contributed by atoms with E-state index in [2.05, 4.69) is 66.9 Å². The van der Waals surface area contributed by atoms with Gasteiger partial charge in [0, 0.05) is 12.3 Å². The Bertz CT molecular complexity index is 883. The van der Waals surface area contributed by atoms with E-state index in [1.165, 1.54) is 12.3 Å². The van der Waals surface area contributed by atoms with Crippen LogP contribution in [0.3, 0.4) is 0 Å². The van der Waals surface area contributed by atoms with Crippen molar-refractivity contribution >= 4 is 16.9 Å². The minimum Gasteiger partial charge on any atom is -0.435 e. The third-order valence-electron chi connectivity index (χ3n) is 7.22. The summed E-state index contributed by atoms with van der Waals surface area (Å²) in [7, 11) is -4.92. The largest absolute Gasteiger partial charge is 0.435 e. The molecule has 3 N–H and O–H groups in total. The molecule has 1 saturated heterocycles. The predicted octanol–water partition coefficient (Wildman–Crippen LogP) is 2.85. The lowest BCUT2D eigenvalue weighted by atomic mass is 10.1. The molecule has 190 valence electrons. The van der Waals surface area contributed by atoms with Gasteiger partial charge in [-0.2, -0.15) is 0 Å². The van der Waals surface area contributed by atoms with Crippen LogP contribution in [0.5, 0.6) is 0 Å². The summed E-state index contributed by atoms with van der Waals surface area (Å²) in [6.07, 6.45) is -3.32. The molecule has 2 heterocycles. The molecule has 0 saturated carbocycles. The molecule has 0 bridgehead atoms. The fraction of sp³-hybridized carbons (Fsp3) is 0.818. The Morgan fingerprint density at radius 3 is 2.00 bits per heavy atom. The normalized spacial score (nSPS) is 24.6. The van der Waals surface area contributed by atoms with Gasteiger partial charge in [0.05, 0.1) is 6.61 Å². The maximum atomic E-state index is 12.2. The molecule has 1 aromatic rings. The molecule has 0 radical (unpaired) electrons. The van der Waals surface area contributed by atoms with Crippen LogP contribution in [0, 0.1) is 0 Å². The average molecular weight is 503 g/mol. The van der Waals surface area contributed by atoms with Crippen LogP contribution in [0.4, 0.5) is 0 Å². The molecule has 0 aliphatic carbocycles. The van der Waals surface area contributed by atoms with Gasteiger partial charge in [-0.1, -0.05) is 55.4 Å². The van der Waals surface area contributed by atoms with Gasteiger partial charge in [-0.15, -0.1) is 0 Å². The zero-order chi connectivity index (χ0) is 25.3. The van der Waals surface area contributed by atoms with Crippen LogP contribution in [0.15, 0.2) is 21.9 Å². The third-order valence-corrected chi connectivity index (χ3v) is 18.7. The van der Waals surface area contributed by atoms with Gasteiger partial charge in [0.25, 0.3) is 5.56 Å². The molecular weight excluding hydrogens is 460 g/mol. The predicted molar refractivity (Wildman–Crippen MR) is 132 cm³/mol. The number of aliphatic hydroxyl groups is 2. The Hall–Kier alpha value is -1.09. The summed E-state index contributed by atoms with van der Waals surface area (Å²) in [5, 5.41) is 21.2. The van der Waals surface area contributed by atoms with Crippen LogP contribution in [0.25, 0.3) is 0 Å². The van der Waals surface area contributed by atoms with Gasteiger partial charge in [-0.25, -0.2) is 4.79 Å². The van der Waals surface area contributed by atoms with E-state index >= 15 is 0 Å². The lowest BCUT2D eigenvalue weighted by Gasteiger charge is -2.48. The molecule has 2 rings (SSSR count). The Morgan fingerprint density at radius 2 is 1.55 bits per heavy atom. The highest BCUT2D eigenvalue weighted by Crippen LogP contribution is 2.44. The van der Waals surface area contributed by atoms with Crippen LogP contribution in [-0.2, 0) is 13.3 Å². The van der Waals surface area contributed by atoms with E-state index in [0.717, 1.165) is 4.57 Å². The minimum atomic E-state index is -2.78. The number of aliphatic hydroxyl groups excluding tert-OH is 2. The highest BCUT2D eigenvalue weighted by Gasteiger charge is 2.53. The highest BCUT2D eigenvalue weighted by molar-refractivity contribution is 6.86. The van der Waals surface area contributed by atoms with E-state index in [1.807, 2.05) is 0 Å². The lowest BCUT2D eigenvalue weighted by molar-refractivity contribution is -0.0555. The summed E-state index contributed by atoms with van der Waals surface area (Å²) in [4.78, 5) is 25.7. The first-order valence-corrected chi connectivity index (χ1v) is 16.4. The topological polar surface area (TPSA) is 123 Å². The minimum absolute atomic E-state index is 0.0378. The van der Waals surface area contributed by atoms with Crippen molar-refractivity contribution in [2.75, 3.05) is 6.61 Å². The smallest absolute Gasteiger partial charge is 0.333 e. The van der Waals surface area contributed by atoms with E-state index in [0.29, 0.717) is 11.1 Å². The van der Waals surface area contributed by atoms with Gasteiger partial charge in [0.2, 0.25) is 0 Å². The first-order valence-electron chi connectivity index (χ1n) is 11.8. The zero-order valence-electron chi connectivity index (χ0n) is 21.4. The fourth-order valence-electron chi connectivity index (χ4n) is 4.45. The van der Waals surface area contributed by atoms with Crippen molar-refractivity contribution in [2.24, 2.45) is 0 Å². The van der Waals surface area contributed by atoms with Crippen LogP contribution >= 0.6 is 0 Å². The quantitative estimate of drug-likeness (QED) is 0.420. The van der Waals surface area contributed by atoms with Gasteiger partial charge < -0.3 is 23.5 Å². The summed E-state index contributed by atoms with van der Waals surface area (Å²) in [6, 6.07) is 1.17. The molecule has 0 spiro atoms. The molecule has 0 unspecified atom stereocenters. The van der Waals surface area contributed by atoms with Crippen LogP contribution in [0.1, 0.15) is 61.6 Å². The second kappa shape index (κ2) is 10.7. The molecule has 0 aromatic carbocycles. The van der Waals surface area contributed by atoms with Crippen molar-refractivity contribution < 1.29 is 23.5 Å². The standard InChI is InChI=1S/C22H42N2O7Si2/c1-13(2)32(9,14(3)4)31-33(15(5)6,16(7)8)29-12-17-19(26)20(27)21(30-17)24-11-10-18(25)23-22(24)28/h10-11,13-17,19-21,26-27H,12H2,1-9H3,(H,23,25,28)/t17-,19-,20-,21-/m1/s1. The van der Waals surface area contributed by atoms with E-state index in [-0.39, 0.29) is 17.7 Å². The maximum Gasteiger partial charge on any atom is 0.333 e. The molecule has 9 nitrogen and oxygen atoms in total. The number of nitrogens with zero attached hydrogens (tertiary/aromatic N) is 1. The van der Waals surface area contributed by atoms with Crippen LogP contribution < -0.4 is 11.2 Å². The first kappa shape index (κ1) is 28.2. The summed E-state index contributed by atoms with van der Waals surface area (Å²) >= 11 is 0. The molecule has 4 atom stereocenters. The number of nitrogens with one attached hydrogen (secondary N) is 1. The molecular formula is C22H42N2O7Si2. The van der Waals surface area contributed by atoms with Gasteiger partial charge in [0.15, 0.2) is 14.5 Å². The summed E-state index contributed by atoms with van der Waals surface area (Å²) in [6.45, 7) is 19.6. The molecule has 1 fully saturated rings. The Morgan fingerprint density at radius 1 is 1.00 bits per heavy atom. The highest BCUT2D eigenvalue weighted by atomic mass is 28.4. The van der Waals surface area contributed by atoms with E-state index in [9.17, 15) is 19.8 Å². The Kier molecular flexibility index (Phi) is 9.10. The number of hydrogen-bond acceptors (Lipinski definition) is 7. The Balaban J connectivity index is 2.30. The van der Waals surface area contributed by atoms with Gasteiger partial charge in [0.1, 0.15) is 18.3 Å². The summed E-state index contributed by atoms with van der Waals surface area (Å²) in [5.74, 6) is 0. The fourth-order valence-corrected chi connectivity index (χ4v) is 15.0. The molecule has 1 aliphatic heterocycles. The molecule has 1 aliphatic rings. The summed E-state index contributed by atoms with van der Waals surface area (Å²) in [5.41, 5.74) is -0.152. The second-order valence-electron chi connectivity index (χ2n) is 10.5. The van der Waals surface area contributed by atoms with Crippen molar-refractivity contribution in [3.8, 4) is 0 Å². The number of ether oxygens (including phenoxy) is 1. The van der Waals surface area contributed by atoms with Gasteiger partial charge in [-0.3, -0.25) is 14.3 Å². The van der Waals surface area contributed by atoms with Crippen molar-refractivity contribution in [3.63, 3.8) is 0 Å². The average Bonchev–Trinajstić information content (AvgIpc) is 2.98. The monoisotopic (exact) mass is 502 g/mol. The van der Waals surface area contributed by atoms with Crippen molar-refractivity contribution in [1.29, 1.82) is 0 Å². The third kappa shape index (κ3) is 5.60. The number of aromatic amines is 1. The SMILES string of the molecule is CC(C)[Si](C)(O[Si](OC[C@H]1O[C@@H](n2ccc(=O)[nH]c2=O)[C@H](O)[C@@H]1O)(C(C)C)C(C)C)C(C)C. The number of hydrogen-bond donors (Lipinski definition) is 3. The Labute approximate surface area is 198 Å². The number of H-pyrrole nitrogens is 1. The second-order valence-corrected chi connectivity index (χ2v) is 20.0. The van der Waals surface area contributed by atoms with E-state index in [1.54, 1.807) is 0 Å². The molecule has 33 heavy (non-hydrogen) atoms. The summed E-state index contributed by atoms with van der Waals surface area (Å²) < 4.78 is 20.6. The van der Waals surface area contributed by atoms with E-state index in [4.69, 9.17) is 13.3 Å². The maximum absolute atomic E-state index is 12.2. The number of aromatic nitrogens is 2. The lowest BCUT2D eigenvalue weighted by Crippen LogP contribution is -2.59. The molecule has 11 heteroatoms. The van der Waals surface area contributed by atoms with Crippen molar-refractivity contribution in [1.82, 2.24) is 9.55 Å². The van der Waals surface area contributed by atoms with Crippen molar-refractivity contribution in [3.05, 3.63) is 33.1 Å².